The van der Waals surface area contributed by atoms with Gasteiger partial charge in [-0.05, 0) is 29.5 Å². The van der Waals surface area contributed by atoms with Gasteiger partial charge in [0.15, 0.2) is 6.29 Å². The third-order valence-electron chi connectivity index (χ3n) is 2.43. The first-order chi connectivity index (χ1) is 6.77. The number of carbonyl (C=O) groups excluding carboxylic acids is 1. The normalized spacial score (nSPS) is 10.6. The molecule has 0 saturated heterocycles. The Labute approximate surface area is 86.3 Å². The monoisotopic (exact) mass is 205 g/mol. The highest BCUT2D eigenvalue weighted by Crippen LogP contribution is 2.31. The predicted octanol–water partition coefficient (Wildman–Crippen LogP) is 2.86. The molecule has 0 bridgehead atoms. The summed E-state index contributed by atoms with van der Waals surface area (Å²) in [6.45, 7) is 2.03. The van der Waals surface area contributed by atoms with Gasteiger partial charge < -0.3 is 5.73 Å². The molecular weight excluding hydrogens is 194 g/mol. The summed E-state index contributed by atoms with van der Waals surface area (Å²) >= 11 is 1.65. The van der Waals surface area contributed by atoms with Crippen LogP contribution >= 0.6 is 11.3 Å². The molecule has 1 heterocycles. The summed E-state index contributed by atoms with van der Waals surface area (Å²) < 4.78 is 1.16. The van der Waals surface area contributed by atoms with Crippen LogP contribution in [-0.2, 0) is 6.42 Å². The van der Waals surface area contributed by atoms with Crippen LogP contribution in [0.3, 0.4) is 0 Å². The minimum atomic E-state index is 0.621. The minimum Gasteiger partial charge on any atom is -0.398 e. The standard InChI is InChI=1S/C11H11NOS/c1-2-7-5-10-8(3-4-14-10)11(12)9(7)6-13/h3-6H,2,12H2,1H3. The number of nitrogens with two attached hydrogens (primary N) is 1. The molecule has 0 spiro atoms. The van der Waals surface area contributed by atoms with Crippen LogP contribution in [0.15, 0.2) is 17.5 Å². The fourth-order valence-electron chi connectivity index (χ4n) is 1.64. The van der Waals surface area contributed by atoms with E-state index in [2.05, 4.69) is 6.07 Å². The molecular formula is C11H11NOS. The molecule has 14 heavy (non-hydrogen) atoms. The molecule has 0 aliphatic rings. The van der Waals surface area contributed by atoms with Crippen LogP contribution in [0.2, 0.25) is 0 Å². The average molecular weight is 205 g/mol. The van der Waals surface area contributed by atoms with Crippen molar-refractivity contribution in [2.45, 2.75) is 13.3 Å². The predicted molar refractivity (Wildman–Crippen MR) is 61.0 cm³/mol. The van der Waals surface area contributed by atoms with E-state index in [4.69, 9.17) is 5.73 Å². The van der Waals surface area contributed by atoms with Crippen molar-refractivity contribution in [3.63, 3.8) is 0 Å². The summed E-state index contributed by atoms with van der Waals surface area (Å²) in [6, 6.07) is 4.02. The van der Waals surface area contributed by atoms with E-state index in [-0.39, 0.29) is 0 Å². The van der Waals surface area contributed by atoms with Gasteiger partial charge in [0.1, 0.15) is 0 Å². The lowest BCUT2D eigenvalue weighted by Gasteiger charge is -2.06. The average Bonchev–Trinajstić information content (AvgIpc) is 2.65. The van der Waals surface area contributed by atoms with Crippen LogP contribution in [0.25, 0.3) is 10.1 Å². The second-order valence-electron chi connectivity index (χ2n) is 3.17. The number of benzene rings is 1. The zero-order valence-corrected chi connectivity index (χ0v) is 8.73. The molecule has 2 N–H and O–H groups in total. The Hall–Kier alpha value is -1.35. The van der Waals surface area contributed by atoms with Gasteiger partial charge in [0.05, 0.1) is 5.69 Å². The van der Waals surface area contributed by atoms with Gasteiger partial charge in [0.25, 0.3) is 0 Å². The molecule has 2 nitrogen and oxygen atoms in total. The van der Waals surface area contributed by atoms with Crippen molar-refractivity contribution < 1.29 is 4.79 Å². The summed E-state index contributed by atoms with van der Waals surface area (Å²) in [7, 11) is 0. The van der Waals surface area contributed by atoms with Crippen LogP contribution in [0.5, 0.6) is 0 Å². The number of anilines is 1. The molecule has 0 unspecified atom stereocenters. The zero-order chi connectivity index (χ0) is 10.1. The molecule has 72 valence electrons. The molecule has 1 aromatic heterocycles. The number of hydrogen-bond acceptors (Lipinski definition) is 3. The van der Waals surface area contributed by atoms with Crippen molar-refractivity contribution in [3.8, 4) is 0 Å². The maximum absolute atomic E-state index is 10.9. The molecule has 0 atom stereocenters. The third kappa shape index (κ3) is 1.21. The maximum Gasteiger partial charge on any atom is 0.152 e. The topological polar surface area (TPSA) is 43.1 Å². The first kappa shape index (κ1) is 9.21. The van der Waals surface area contributed by atoms with Crippen molar-refractivity contribution in [2.24, 2.45) is 0 Å². The number of fused-ring (bicyclic) bond motifs is 1. The van der Waals surface area contributed by atoms with E-state index < -0.39 is 0 Å². The van der Waals surface area contributed by atoms with Crippen molar-refractivity contribution >= 4 is 33.4 Å². The fourth-order valence-corrected chi connectivity index (χ4v) is 2.51. The van der Waals surface area contributed by atoms with Gasteiger partial charge in [-0.2, -0.15) is 0 Å². The molecule has 0 saturated carbocycles. The molecule has 0 fully saturated rings. The molecule has 2 aromatic rings. The molecule has 0 amide bonds. The van der Waals surface area contributed by atoms with Gasteiger partial charge in [0.2, 0.25) is 0 Å². The Morgan fingerprint density at radius 3 is 3.00 bits per heavy atom. The number of carbonyl (C=O) groups is 1. The second-order valence-corrected chi connectivity index (χ2v) is 4.11. The summed E-state index contributed by atoms with van der Waals surface area (Å²) in [4.78, 5) is 10.9. The Morgan fingerprint density at radius 1 is 1.57 bits per heavy atom. The van der Waals surface area contributed by atoms with Gasteiger partial charge in [-0.25, -0.2) is 0 Å². The Kier molecular flexibility index (Phi) is 2.25. The van der Waals surface area contributed by atoms with E-state index in [1.165, 1.54) is 0 Å². The first-order valence-electron chi connectivity index (χ1n) is 4.51. The number of nitrogen functional groups attached to an aromatic ring is 1. The van der Waals surface area contributed by atoms with E-state index in [1.807, 2.05) is 18.4 Å². The minimum absolute atomic E-state index is 0.621. The second kappa shape index (κ2) is 3.42. The summed E-state index contributed by atoms with van der Waals surface area (Å²) in [5.41, 5.74) is 8.23. The van der Waals surface area contributed by atoms with Gasteiger partial charge in [-0.1, -0.05) is 6.92 Å². The van der Waals surface area contributed by atoms with Crippen molar-refractivity contribution in [1.29, 1.82) is 0 Å². The maximum atomic E-state index is 10.9. The SMILES string of the molecule is CCc1cc2sccc2c(N)c1C=O. The van der Waals surface area contributed by atoms with Gasteiger partial charge in [-0.3, -0.25) is 4.79 Å². The van der Waals surface area contributed by atoms with E-state index in [0.29, 0.717) is 11.3 Å². The highest BCUT2D eigenvalue weighted by atomic mass is 32.1. The summed E-state index contributed by atoms with van der Waals surface area (Å²) in [5.74, 6) is 0. The first-order valence-corrected chi connectivity index (χ1v) is 5.39. The molecule has 1 aromatic carbocycles. The molecule has 2 rings (SSSR count). The van der Waals surface area contributed by atoms with Crippen LogP contribution in [0, 0.1) is 0 Å². The van der Waals surface area contributed by atoms with E-state index >= 15 is 0 Å². The smallest absolute Gasteiger partial charge is 0.152 e. The van der Waals surface area contributed by atoms with Crippen molar-refractivity contribution in [2.75, 3.05) is 5.73 Å². The lowest BCUT2D eigenvalue weighted by Crippen LogP contribution is -1.98. The number of rotatable bonds is 2. The van der Waals surface area contributed by atoms with Gasteiger partial charge in [-0.15, -0.1) is 11.3 Å². The Bertz CT molecular complexity index is 487. The molecule has 3 heteroatoms. The zero-order valence-electron chi connectivity index (χ0n) is 7.91. The van der Waals surface area contributed by atoms with Crippen LogP contribution in [-0.4, -0.2) is 6.29 Å². The van der Waals surface area contributed by atoms with Crippen molar-refractivity contribution in [3.05, 3.63) is 28.6 Å². The molecule has 0 aliphatic heterocycles. The highest BCUT2D eigenvalue weighted by molar-refractivity contribution is 7.17. The quantitative estimate of drug-likeness (QED) is 0.605. The number of hydrogen-bond donors (Lipinski definition) is 1. The summed E-state index contributed by atoms with van der Waals surface area (Å²) in [6.07, 6.45) is 1.69. The Balaban J connectivity index is 2.85. The molecule has 0 radical (unpaired) electrons. The largest absolute Gasteiger partial charge is 0.398 e. The Morgan fingerprint density at radius 2 is 2.36 bits per heavy atom. The van der Waals surface area contributed by atoms with E-state index in [9.17, 15) is 4.79 Å². The van der Waals surface area contributed by atoms with Gasteiger partial charge >= 0.3 is 0 Å². The van der Waals surface area contributed by atoms with Crippen molar-refractivity contribution in [1.82, 2.24) is 0 Å². The van der Waals surface area contributed by atoms with E-state index in [0.717, 1.165) is 28.4 Å². The number of aryl methyl sites for hydroxylation is 1. The van der Waals surface area contributed by atoms with E-state index in [1.54, 1.807) is 11.3 Å². The number of aldehydes is 1. The fraction of sp³-hybridized carbons (Fsp3) is 0.182. The lowest BCUT2D eigenvalue weighted by atomic mass is 10.0. The van der Waals surface area contributed by atoms with Crippen LogP contribution < -0.4 is 5.73 Å². The molecule has 0 aliphatic carbocycles. The third-order valence-corrected chi connectivity index (χ3v) is 3.29. The van der Waals surface area contributed by atoms with Gasteiger partial charge in [0, 0.05) is 15.6 Å². The number of thiophene rings is 1. The highest BCUT2D eigenvalue weighted by Gasteiger charge is 2.09. The summed E-state index contributed by atoms with van der Waals surface area (Å²) in [5, 5.41) is 2.99. The lowest BCUT2D eigenvalue weighted by molar-refractivity contribution is 0.112. The van der Waals surface area contributed by atoms with Crippen LogP contribution in [0.4, 0.5) is 5.69 Å². The van der Waals surface area contributed by atoms with Crippen LogP contribution in [0.1, 0.15) is 22.8 Å².